The highest BCUT2D eigenvalue weighted by Gasteiger charge is 2.60. The molecule has 7 unspecified atom stereocenters. The predicted molar refractivity (Wildman–Crippen MR) is 125 cm³/mol. The van der Waals surface area contributed by atoms with Crippen LogP contribution in [0.5, 0.6) is 0 Å². The molecule has 4 aliphatic carbocycles. The molecule has 0 aromatic rings. The standard InChI is InChI=1S/C27H42O2.CH4/c1-17(2)7-6-8-18(3)21-9-10-22-20-16-25(29)24-15-19(28)11-13-27(24,5)23(20)12-14-26(21,22)4;/h15,17-18,20-23H,6-14,16H2,1-5H3;1H4. The van der Waals surface area contributed by atoms with Crippen LogP contribution in [0.3, 0.4) is 0 Å². The highest BCUT2D eigenvalue weighted by molar-refractivity contribution is 6.05. The Hall–Kier alpha value is -0.920. The lowest BCUT2D eigenvalue weighted by atomic mass is 9.46. The molecule has 0 radical (unpaired) electrons. The van der Waals surface area contributed by atoms with Gasteiger partial charge in [0.05, 0.1) is 0 Å². The molecule has 0 amide bonds. The largest absolute Gasteiger partial charge is 0.295 e. The van der Waals surface area contributed by atoms with Gasteiger partial charge in [0.2, 0.25) is 0 Å². The fourth-order valence-electron chi connectivity index (χ4n) is 8.41. The Bertz CT molecular complexity index is 703. The number of fused-ring (bicyclic) bond motifs is 5. The third kappa shape index (κ3) is 3.75. The van der Waals surface area contributed by atoms with Gasteiger partial charge < -0.3 is 0 Å². The van der Waals surface area contributed by atoms with Crippen LogP contribution in [0.15, 0.2) is 11.6 Å². The molecule has 2 nitrogen and oxygen atoms in total. The third-order valence-corrected chi connectivity index (χ3v) is 9.99. The summed E-state index contributed by atoms with van der Waals surface area (Å²) in [5, 5.41) is 0. The summed E-state index contributed by atoms with van der Waals surface area (Å²) in [4.78, 5) is 25.1. The first-order chi connectivity index (χ1) is 13.7. The molecular weight excluding hydrogens is 368 g/mol. The zero-order valence-electron chi connectivity index (χ0n) is 19.4. The molecule has 3 saturated carbocycles. The van der Waals surface area contributed by atoms with E-state index in [1.165, 1.54) is 44.9 Å². The van der Waals surface area contributed by atoms with Gasteiger partial charge in [-0.2, -0.15) is 0 Å². The van der Waals surface area contributed by atoms with Crippen LogP contribution in [-0.2, 0) is 9.59 Å². The number of carbonyl (C=O) groups is 2. The summed E-state index contributed by atoms with van der Waals surface area (Å²) in [5.74, 6) is 4.76. The molecule has 0 aliphatic heterocycles. The molecule has 0 spiro atoms. The number of ketones is 2. The van der Waals surface area contributed by atoms with Crippen molar-refractivity contribution in [3.8, 4) is 0 Å². The van der Waals surface area contributed by atoms with Crippen molar-refractivity contribution in [3.63, 3.8) is 0 Å². The molecule has 0 N–H and O–H groups in total. The second-order valence-corrected chi connectivity index (χ2v) is 12.0. The number of hydrogen-bond acceptors (Lipinski definition) is 2. The maximum absolute atomic E-state index is 13.1. The van der Waals surface area contributed by atoms with Crippen molar-refractivity contribution in [1.29, 1.82) is 0 Å². The van der Waals surface area contributed by atoms with Crippen molar-refractivity contribution in [2.45, 2.75) is 106 Å². The molecular formula is C28H46O2. The minimum absolute atomic E-state index is 0. The fraction of sp³-hybridized carbons (Fsp3) is 0.857. The van der Waals surface area contributed by atoms with Crippen LogP contribution < -0.4 is 0 Å². The number of carbonyl (C=O) groups excluding carboxylic acids is 2. The van der Waals surface area contributed by atoms with Gasteiger partial charge in [-0.25, -0.2) is 0 Å². The Kier molecular flexibility index (Phi) is 6.76. The van der Waals surface area contributed by atoms with Gasteiger partial charge in [0.1, 0.15) is 0 Å². The van der Waals surface area contributed by atoms with Crippen LogP contribution >= 0.6 is 0 Å². The second kappa shape index (κ2) is 8.55. The van der Waals surface area contributed by atoms with Crippen molar-refractivity contribution in [2.75, 3.05) is 0 Å². The van der Waals surface area contributed by atoms with Gasteiger partial charge >= 0.3 is 0 Å². The van der Waals surface area contributed by atoms with E-state index in [-0.39, 0.29) is 18.6 Å². The molecule has 0 bridgehead atoms. The summed E-state index contributed by atoms with van der Waals surface area (Å²) in [6.45, 7) is 12.1. The number of Topliss-reactive ketones (excluding diaryl/α,β-unsaturated/α-hetero) is 1. The molecule has 0 heterocycles. The number of hydrogen-bond donors (Lipinski definition) is 0. The summed E-state index contributed by atoms with van der Waals surface area (Å²) in [5.41, 5.74) is 1.26. The zero-order valence-corrected chi connectivity index (χ0v) is 19.4. The molecule has 0 aromatic heterocycles. The van der Waals surface area contributed by atoms with Gasteiger partial charge in [-0.05, 0) is 84.5 Å². The summed E-state index contributed by atoms with van der Waals surface area (Å²) in [6, 6.07) is 0. The van der Waals surface area contributed by atoms with Crippen molar-refractivity contribution in [3.05, 3.63) is 11.6 Å². The van der Waals surface area contributed by atoms with E-state index >= 15 is 0 Å². The summed E-state index contributed by atoms with van der Waals surface area (Å²) < 4.78 is 0. The van der Waals surface area contributed by atoms with Crippen molar-refractivity contribution >= 4 is 11.6 Å². The predicted octanol–water partition coefficient (Wildman–Crippen LogP) is 7.41. The molecule has 0 saturated heterocycles. The van der Waals surface area contributed by atoms with Gasteiger partial charge in [0.25, 0.3) is 0 Å². The van der Waals surface area contributed by atoms with Crippen LogP contribution in [0.25, 0.3) is 0 Å². The molecule has 4 rings (SSSR count). The lowest BCUT2D eigenvalue weighted by Crippen LogP contribution is -2.53. The van der Waals surface area contributed by atoms with E-state index in [4.69, 9.17) is 0 Å². The quantitative estimate of drug-likeness (QED) is 0.469. The maximum atomic E-state index is 13.1. The fourth-order valence-corrected chi connectivity index (χ4v) is 8.41. The van der Waals surface area contributed by atoms with Gasteiger partial charge in [0, 0.05) is 18.4 Å². The van der Waals surface area contributed by atoms with E-state index < -0.39 is 0 Å². The summed E-state index contributed by atoms with van der Waals surface area (Å²) in [7, 11) is 0. The smallest absolute Gasteiger partial charge is 0.159 e. The van der Waals surface area contributed by atoms with Gasteiger partial charge in [-0.1, -0.05) is 61.3 Å². The highest BCUT2D eigenvalue weighted by atomic mass is 16.1. The first-order valence-electron chi connectivity index (χ1n) is 12.4. The lowest BCUT2D eigenvalue weighted by Gasteiger charge is -2.57. The minimum Gasteiger partial charge on any atom is -0.295 e. The Morgan fingerprint density at radius 3 is 2.43 bits per heavy atom. The molecule has 0 aromatic carbocycles. The molecule has 170 valence electrons. The Labute approximate surface area is 185 Å². The van der Waals surface area contributed by atoms with Crippen LogP contribution in [0.1, 0.15) is 106 Å². The molecule has 3 fully saturated rings. The third-order valence-electron chi connectivity index (χ3n) is 9.99. The Balaban J connectivity index is 0.00000256. The van der Waals surface area contributed by atoms with Crippen LogP contribution in [0.2, 0.25) is 0 Å². The van der Waals surface area contributed by atoms with Crippen molar-refractivity contribution in [1.82, 2.24) is 0 Å². The Morgan fingerprint density at radius 2 is 1.73 bits per heavy atom. The average Bonchev–Trinajstić information content (AvgIpc) is 3.00. The molecule has 7 atom stereocenters. The van der Waals surface area contributed by atoms with Gasteiger partial charge in [-0.15, -0.1) is 0 Å². The maximum Gasteiger partial charge on any atom is 0.159 e. The van der Waals surface area contributed by atoms with E-state index in [2.05, 4.69) is 34.6 Å². The minimum atomic E-state index is -0.0454. The first-order valence-corrected chi connectivity index (χ1v) is 12.4. The topological polar surface area (TPSA) is 34.1 Å². The second-order valence-electron chi connectivity index (χ2n) is 12.0. The van der Waals surface area contributed by atoms with E-state index in [0.717, 1.165) is 29.7 Å². The molecule has 2 heteroatoms. The van der Waals surface area contributed by atoms with E-state index in [1.54, 1.807) is 6.08 Å². The molecule has 30 heavy (non-hydrogen) atoms. The number of allylic oxidation sites excluding steroid dienone is 1. The van der Waals surface area contributed by atoms with Crippen molar-refractivity contribution in [2.24, 2.45) is 46.3 Å². The normalized spacial score (nSPS) is 41.5. The van der Waals surface area contributed by atoms with E-state index in [9.17, 15) is 9.59 Å². The SMILES string of the molecule is C.CC(C)CCCC(C)C1CCC2C3CC(=O)C4=CC(=O)CCC4(C)C3CCC12C. The monoisotopic (exact) mass is 414 g/mol. The van der Waals surface area contributed by atoms with E-state index in [0.29, 0.717) is 41.8 Å². The lowest BCUT2D eigenvalue weighted by molar-refractivity contribution is -0.131. The summed E-state index contributed by atoms with van der Waals surface area (Å²) in [6.07, 6.45) is 13.3. The van der Waals surface area contributed by atoms with Crippen LogP contribution in [-0.4, -0.2) is 11.6 Å². The van der Waals surface area contributed by atoms with Crippen LogP contribution in [0, 0.1) is 46.3 Å². The molecule has 4 aliphatic rings. The first kappa shape index (κ1) is 23.7. The average molecular weight is 415 g/mol. The summed E-state index contributed by atoms with van der Waals surface area (Å²) >= 11 is 0. The number of rotatable bonds is 5. The van der Waals surface area contributed by atoms with Crippen LogP contribution in [0.4, 0.5) is 0 Å². The highest BCUT2D eigenvalue weighted by Crippen LogP contribution is 2.67. The van der Waals surface area contributed by atoms with Crippen molar-refractivity contribution < 1.29 is 9.59 Å². The van der Waals surface area contributed by atoms with E-state index in [1.807, 2.05) is 0 Å². The zero-order chi connectivity index (χ0) is 21.0. The van der Waals surface area contributed by atoms with Gasteiger partial charge in [0.15, 0.2) is 11.6 Å². The Morgan fingerprint density at radius 1 is 1.00 bits per heavy atom. The van der Waals surface area contributed by atoms with Gasteiger partial charge in [-0.3, -0.25) is 9.59 Å².